The number of rotatable bonds is 5. The van der Waals surface area contributed by atoms with Gasteiger partial charge in [-0.15, -0.1) is 0 Å². The van der Waals surface area contributed by atoms with E-state index in [2.05, 4.69) is 0 Å². The molecule has 0 saturated carbocycles. The number of hydrogen-bond donors (Lipinski definition) is 0. The maximum atomic E-state index is 13.2. The largest absolute Gasteiger partial charge is 0.425 e. The lowest BCUT2D eigenvalue weighted by Gasteiger charge is -2.28. The van der Waals surface area contributed by atoms with Gasteiger partial charge in [-0.2, -0.15) is 0 Å². The summed E-state index contributed by atoms with van der Waals surface area (Å²) in [4.78, 5) is 26.3. The van der Waals surface area contributed by atoms with Gasteiger partial charge in [0.2, 0.25) is 0 Å². The molecular formula is C26H20O4. The Morgan fingerprint density at radius 1 is 0.667 bits per heavy atom. The Labute approximate surface area is 175 Å². The molecule has 3 aromatic rings. The van der Waals surface area contributed by atoms with Gasteiger partial charge in [0.15, 0.2) is 5.41 Å². The fourth-order valence-corrected chi connectivity index (χ4v) is 3.24. The molecule has 0 amide bonds. The molecule has 0 aliphatic heterocycles. The lowest BCUT2D eigenvalue weighted by Crippen LogP contribution is -2.43. The zero-order valence-electron chi connectivity index (χ0n) is 16.2. The average molecular weight is 396 g/mol. The molecule has 0 saturated heterocycles. The molecule has 4 rings (SSSR count). The first-order valence-electron chi connectivity index (χ1n) is 9.67. The summed E-state index contributed by atoms with van der Waals surface area (Å²) in [6, 6.07) is 27.2. The van der Waals surface area contributed by atoms with Crippen molar-refractivity contribution in [2.24, 2.45) is 5.41 Å². The number of benzene rings is 3. The second-order valence-electron chi connectivity index (χ2n) is 6.94. The first kappa shape index (κ1) is 19.4. The second-order valence-corrected chi connectivity index (χ2v) is 6.94. The summed E-state index contributed by atoms with van der Waals surface area (Å²) < 4.78 is 11.1. The van der Waals surface area contributed by atoms with Crippen molar-refractivity contribution in [3.05, 3.63) is 115 Å². The molecule has 3 aromatic carbocycles. The maximum absolute atomic E-state index is 13.2. The van der Waals surface area contributed by atoms with Crippen LogP contribution in [0.5, 0.6) is 11.5 Å². The first-order valence-corrected chi connectivity index (χ1v) is 9.67. The van der Waals surface area contributed by atoms with Crippen LogP contribution >= 0.6 is 0 Å². The topological polar surface area (TPSA) is 52.6 Å². The summed E-state index contributed by atoms with van der Waals surface area (Å²) in [7, 11) is 0. The average Bonchev–Trinajstić information content (AvgIpc) is 2.81. The van der Waals surface area contributed by atoms with Crippen LogP contribution in [0.15, 0.2) is 109 Å². The minimum absolute atomic E-state index is 0.144. The van der Waals surface area contributed by atoms with Crippen molar-refractivity contribution < 1.29 is 19.1 Å². The van der Waals surface area contributed by atoms with Gasteiger partial charge < -0.3 is 9.47 Å². The Balaban J connectivity index is 1.63. The van der Waals surface area contributed by atoms with E-state index in [1.165, 1.54) is 0 Å². The van der Waals surface area contributed by atoms with E-state index in [1.54, 1.807) is 60.7 Å². The predicted octanol–water partition coefficient (Wildman–Crippen LogP) is 5.23. The number of esters is 2. The van der Waals surface area contributed by atoms with Crippen LogP contribution in [0.3, 0.4) is 0 Å². The molecule has 0 aromatic heterocycles. The number of carbonyl (C=O) groups is 2. The minimum atomic E-state index is -1.57. The van der Waals surface area contributed by atoms with Gasteiger partial charge in [-0.25, -0.2) is 0 Å². The number of allylic oxidation sites excluding steroid dienone is 3. The Bertz CT molecular complexity index is 1030. The van der Waals surface area contributed by atoms with Crippen molar-refractivity contribution in [3.63, 3.8) is 0 Å². The van der Waals surface area contributed by atoms with Crippen molar-refractivity contribution in [3.8, 4) is 11.5 Å². The van der Waals surface area contributed by atoms with E-state index in [0.29, 0.717) is 11.5 Å². The van der Waals surface area contributed by atoms with Crippen LogP contribution in [0.1, 0.15) is 12.0 Å². The van der Waals surface area contributed by atoms with Crippen molar-refractivity contribution in [2.75, 3.05) is 0 Å². The van der Waals surface area contributed by atoms with E-state index in [9.17, 15) is 9.59 Å². The van der Waals surface area contributed by atoms with E-state index >= 15 is 0 Å². The van der Waals surface area contributed by atoms with Gasteiger partial charge in [0.25, 0.3) is 0 Å². The van der Waals surface area contributed by atoms with Gasteiger partial charge in [0.1, 0.15) is 11.5 Å². The van der Waals surface area contributed by atoms with Gasteiger partial charge in [-0.05, 0) is 41.8 Å². The normalized spacial score (nSPS) is 14.5. The Kier molecular flexibility index (Phi) is 5.57. The highest BCUT2D eigenvalue weighted by molar-refractivity contribution is 6.05. The van der Waals surface area contributed by atoms with Crippen LogP contribution < -0.4 is 9.47 Å². The molecule has 1 aliphatic rings. The van der Waals surface area contributed by atoms with E-state index in [-0.39, 0.29) is 6.42 Å². The summed E-state index contributed by atoms with van der Waals surface area (Å²) in [5.74, 6) is -0.593. The summed E-state index contributed by atoms with van der Waals surface area (Å²) in [5.41, 5.74) is 0.380. The SMILES string of the molecule is O=C(Oc1ccccc1)C1(C(=O)Oc2ccccc2)C=CC(c2ccccc2)=CC1. The summed E-state index contributed by atoms with van der Waals surface area (Å²) in [6.45, 7) is 0. The molecule has 0 N–H and O–H groups in total. The van der Waals surface area contributed by atoms with Crippen LogP contribution in [-0.4, -0.2) is 11.9 Å². The molecule has 4 heteroatoms. The molecule has 0 fully saturated rings. The molecule has 0 unspecified atom stereocenters. The lowest BCUT2D eigenvalue weighted by atomic mass is 9.79. The number of ether oxygens (including phenoxy) is 2. The molecule has 0 heterocycles. The third kappa shape index (κ3) is 4.08. The van der Waals surface area contributed by atoms with Crippen LogP contribution in [0.2, 0.25) is 0 Å². The molecule has 0 radical (unpaired) electrons. The molecular weight excluding hydrogens is 376 g/mol. The van der Waals surface area contributed by atoms with Gasteiger partial charge in [0.05, 0.1) is 0 Å². The number of para-hydroxylation sites is 2. The first-order chi connectivity index (χ1) is 14.7. The number of carbonyl (C=O) groups excluding carboxylic acids is 2. The molecule has 0 bridgehead atoms. The molecule has 148 valence electrons. The molecule has 1 aliphatic carbocycles. The zero-order valence-corrected chi connectivity index (χ0v) is 16.2. The third-order valence-electron chi connectivity index (χ3n) is 4.93. The van der Waals surface area contributed by atoms with Crippen molar-refractivity contribution in [1.29, 1.82) is 0 Å². The standard InChI is InChI=1S/C26H20O4/c27-24(29-22-12-6-2-7-13-22)26(25(28)30-23-14-8-3-9-15-23)18-16-21(17-19-26)20-10-4-1-5-11-20/h1-18H,19H2. The molecule has 30 heavy (non-hydrogen) atoms. The quantitative estimate of drug-likeness (QED) is 0.337. The van der Waals surface area contributed by atoms with Crippen LogP contribution in [-0.2, 0) is 9.59 Å². The molecule has 0 atom stereocenters. The minimum Gasteiger partial charge on any atom is -0.425 e. The summed E-state index contributed by atoms with van der Waals surface area (Å²) in [6.07, 6.45) is 5.38. The van der Waals surface area contributed by atoms with E-state index in [4.69, 9.17) is 9.47 Å². The fourth-order valence-electron chi connectivity index (χ4n) is 3.24. The van der Waals surface area contributed by atoms with Crippen molar-refractivity contribution in [2.45, 2.75) is 6.42 Å². The van der Waals surface area contributed by atoms with Crippen molar-refractivity contribution in [1.82, 2.24) is 0 Å². The van der Waals surface area contributed by atoms with E-state index < -0.39 is 17.4 Å². The lowest BCUT2D eigenvalue weighted by molar-refractivity contribution is -0.157. The van der Waals surface area contributed by atoms with E-state index in [0.717, 1.165) is 11.1 Å². The van der Waals surface area contributed by atoms with Gasteiger partial charge in [-0.3, -0.25) is 9.59 Å². The fraction of sp³-hybridized carbons (Fsp3) is 0.0769. The predicted molar refractivity (Wildman–Crippen MR) is 115 cm³/mol. The van der Waals surface area contributed by atoms with Crippen LogP contribution in [0, 0.1) is 5.41 Å². The molecule has 0 spiro atoms. The van der Waals surface area contributed by atoms with Crippen LogP contribution in [0.4, 0.5) is 0 Å². The smallest absolute Gasteiger partial charge is 0.333 e. The van der Waals surface area contributed by atoms with Gasteiger partial charge in [-0.1, -0.05) is 85.0 Å². The highest BCUT2D eigenvalue weighted by Gasteiger charge is 2.48. The van der Waals surface area contributed by atoms with E-state index in [1.807, 2.05) is 48.5 Å². The zero-order chi connectivity index (χ0) is 20.8. The highest BCUT2D eigenvalue weighted by atomic mass is 16.6. The highest BCUT2D eigenvalue weighted by Crippen LogP contribution is 2.36. The monoisotopic (exact) mass is 396 g/mol. The second kappa shape index (κ2) is 8.62. The third-order valence-corrected chi connectivity index (χ3v) is 4.93. The number of hydrogen-bond acceptors (Lipinski definition) is 4. The Morgan fingerprint density at radius 2 is 1.13 bits per heavy atom. The van der Waals surface area contributed by atoms with Gasteiger partial charge >= 0.3 is 11.9 Å². The van der Waals surface area contributed by atoms with Gasteiger partial charge in [0, 0.05) is 0 Å². The Hall–Kier alpha value is -3.92. The Morgan fingerprint density at radius 3 is 1.57 bits per heavy atom. The summed E-state index contributed by atoms with van der Waals surface area (Å²) in [5, 5.41) is 0. The summed E-state index contributed by atoms with van der Waals surface area (Å²) >= 11 is 0. The maximum Gasteiger partial charge on any atom is 0.333 e. The van der Waals surface area contributed by atoms with Crippen molar-refractivity contribution >= 4 is 17.5 Å². The van der Waals surface area contributed by atoms with Crippen LogP contribution in [0.25, 0.3) is 5.57 Å². The molecule has 4 nitrogen and oxygen atoms in total.